The molecule has 0 aliphatic carbocycles. The van der Waals surface area contributed by atoms with Crippen LogP contribution in [0.2, 0.25) is 10.0 Å². The number of methoxy groups -OCH3 is 1. The molecule has 3 aromatic rings. The fourth-order valence-electron chi connectivity index (χ4n) is 3.53. The predicted octanol–water partition coefficient (Wildman–Crippen LogP) is 3.42. The molecule has 1 aliphatic heterocycles. The van der Waals surface area contributed by atoms with Gasteiger partial charge in [0.1, 0.15) is 6.61 Å². The van der Waals surface area contributed by atoms with Gasteiger partial charge in [0.25, 0.3) is 0 Å². The van der Waals surface area contributed by atoms with Gasteiger partial charge in [0, 0.05) is 47.8 Å². The number of pyridine rings is 1. The molecule has 3 heterocycles. The third kappa shape index (κ3) is 3.04. The van der Waals surface area contributed by atoms with Crippen LogP contribution >= 0.6 is 23.2 Å². The second-order valence-electron chi connectivity index (χ2n) is 6.34. The van der Waals surface area contributed by atoms with E-state index < -0.39 is 6.61 Å². The van der Waals surface area contributed by atoms with Crippen molar-refractivity contribution >= 4 is 40.0 Å². The molecule has 2 N–H and O–H groups in total. The number of carbonyl (C=O) groups is 1. The van der Waals surface area contributed by atoms with Crippen molar-refractivity contribution in [2.45, 2.75) is 13.0 Å². The first-order chi connectivity index (χ1) is 13.0. The largest absolute Gasteiger partial charge is 0.481 e. The molecule has 140 valence electrons. The van der Waals surface area contributed by atoms with Gasteiger partial charge in [-0.25, -0.2) is 4.98 Å². The highest BCUT2D eigenvalue weighted by Crippen LogP contribution is 2.42. The predicted molar refractivity (Wildman–Crippen MR) is 104 cm³/mol. The van der Waals surface area contributed by atoms with Gasteiger partial charge in [-0.1, -0.05) is 29.3 Å². The van der Waals surface area contributed by atoms with Crippen LogP contribution in [0, 0.1) is 0 Å². The number of ether oxygens (including phenoxy) is 1. The van der Waals surface area contributed by atoms with Gasteiger partial charge in [-0.15, -0.1) is 0 Å². The van der Waals surface area contributed by atoms with Crippen molar-refractivity contribution in [3.05, 3.63) is 45.6 Å². The molecule has 0 bridgehead atoms. The van der Waals surface area contributed by atoms with E-state index in [0.29, 0.717) is 41.1 Å². The molecule has 0 spiro atoms. The molecular formula is C19H17Cl2N3O3. The first-order valence-corrected chi connectivity index (χ1v) is 9.20. The van der Waals surface area contributed by atoms with Crippen LogP contribution in [0.4, 0.5) is 0 Å². The maximum Gasteiger partial charge on any atom is 0.248 e. The zero-order valence-corrected chi connectivity index (χ0v) is 16.1. The average molecular weight is 406 g/mol. The Bertz CT molecular complexity index is 1050. The van der Waals surface area contributed by atoms with Crippen molar-refractivity contribution in [2.24, 2.45) is 0 Å². The third-order valence-electron chi connectivity index (χ3n) is 4.84. The van der Waals surface area contributed by atoms with E-state index in [-0.39, 0.29) is 5.91 Å². The second-order valence-corrected chi connectivity index (χ2v) is 7.13. The number of benzene rings is 1. The monoisotopic (exact) mass is 405 g/mol. The zero-order valence-electron chi connectivity index (χ0n) is 14.6. The van der Waals surface area contributed by atoms with Crippen LogP contribution in [0.5, 0.6) is 5.88 Å². The van der Waals surface area contributed by atoms with Gasteiger partial charge in [0.15, 0.2) is 0 Å². The Morgan fingerprint density at radius 3 is 2.96 bits per heavy atom. The number of rotatable bonds is 3. The number of aromatic nitrogens is 2. The summed E-state index contributed by atoms with van der Waals surface area (Å²) in [5.41, 5.74) is 4.23. The SMILES string of the molecule is COc1cccc(-c2cc(Cl)c(Cl)c3[nH]c4c(c23)CN(C(=O)CO)CC4)n1. The lowest BCUT2D eigenvalue weighted by atomic mass is 9.98. The second kappa shape index (κ2) is 7.03. The van der Waals surface area contributed by atoms with E-state index >= 15 is 0 Å². The van der Waals surface area contributed by atoms with Crippen LogP contribution in [-0.4, -0.2) is 46.1 Å². The molecule has 0 fully saturated rings. The summed E-state index contributed by atoms with van der Waals surface area (Å²) < 4.78 is 5.24. The molecule has 1 aliphatic rings. The molecule has 0 radical (unpaired) electrons. The molecule has 0 saturated carbocycles. The third-order valence-corrected chi connectivity index (χ3v) is 5.63. The van der Waals surface area contributed by atoms with Crippen molar-refractivity contribution in [1.29, 1.82) is 0 Å². The smallest absolute Gasteiger partial charge is 0.248 e. The van der Waals surface area contributed by atoms with Gasteiger partial charge in [-0.05, 0) is 12.1 Å². The van der Waals surface area contributed by atoms with Crippen molar-refractivity contribution in [2.75, 3.05) is 20.3 Å². The minimum atomic E-state index is -0.505. The van der Waals surface area contributed by atoms with Crippen molar-refractivity contribution in [1.82, 2.24) is 14.9 Å². The van der Waals surface area contributed by atoms with Crippen LogP contribution in [0.1, 0.15) is 11.3 Å². The van der Waals surface area contributed by atoms with Crippen LogP contribution < -0.4 is 4.74 Å². The summed E-state index contributed by atoms with van der Waals surface area (Å²) >= 11 is 12.8. The Morgan fingerprint density at radius 2 is 2.22 bits per heavy atom. The standard InChI is InChI=1S/C19H17Cl2N3O3/c1-27-15-4-2-3-13(22-15)10-7-12(20)18(21)19-17(10)11-8-24(16(26)9-25)6-5-14(11)23-19/h2-4,7,23,25H,5-6,8-9H2,1H3. The molecule has 2 aromatic heterocycles. The normalized spacial score (nSPS) is 13.7. The van der Waals surface area contributed by atoms with Crippen LogP contribution in [0.3, 0.4) is 0 Å². The van der Waals surface area contributed by atoms with Crippen LogP contribution in [0.25, 0.3) is 22.2 Å². The van der Waals surface area contributed by atoms with E-state index in [2.05, 4.69) is 9.97 Å². The van der Waals surface area contributed by atoms with E-state index in [9.17, 15) is 9.90 Å². The molecule has 27 heavy (non-hydrogen) atoms. The first kappa shape index (κ1) is 18.1. The average Bonchev–Trinajstić information content (AvgIpc) is 3.09. The Kier molecular flexibility index (Phi) is 4.72. The molecule has 0 atom stereocenters. The molecule has 0 unspecified atom stereocenters. The Balaban J connectivity index is 1.96. The number of carbonyl (C=O) groups excluding carboxylic acids is 1. The maximum atomic E-state index is 12.0. The van der Waals surface area contributed by atoms with E-state index in [0.717, 1.165) is 27.7 Å². The number of fused-ring (bicyclic) bond motifs is 3. The summed E-state index contributed by atoms with van der Waals surface area (Å²) in [6.07, 6.45) is 0.648. The fraction of sp³-hybridized carbons (Fsp3) is 0.263. The van der Waals surface area contributed by atoms with Crippen LogP contribution in [-0.2, 0) is 17.8 Å². The van der Waals surface area contributed by atoms with Crippen molar-refractivity contribution < 1.29 is 14.6 Å². The van der Waals surface area contributed by atoms with Gasteiger partial charge < -0.3 is 19.7 Å². The van der Waals surface area contributed by atoms with E-state index in [1.54, 1.807) is 24.1 Å². The van der Waals surface area contributed by atoms with Gasteiger partial charge in [-0.3, -0.25) is 4.79 Å². The first-order valence-electron chi connectivity index (χ1n) is 8.45. The Hall–Kier alpha value is -2.28. The lowest BCUT2D eigenvalue weighted by Gasteiger charge is -2.26. The minimum Gasteiger partial charge on any atom is -0.481 e. The summed E-state index contributed by atoms with van der Waals surface area (Å²) in [4.78, 5) is 21.5. The number of hydrogen-bond acceptors (Lipinski definition) is 4. The van der Waals surface area contributed by atoms with Gasteiger partial charge in [0.2, 0.25) is 11.8 Å². The quantitative estimate of drug-likeness (QED) is 0.699. The summed E-state index contributed by atoms with van der Waals surface area (Å²) in [6.45, 7) is 0.426. The van der Waals surface area contributed by atoms with Crippen molar-refractivity contribution in [3.63, 3.8) is 0 Å². The van der Waals surface area contributed by atoms with Gasteiger partial charge >= 0.3 is 0 Å². The van der Waals surface area contributed by atoms with E-state index in [4.69, 9.17) is 27.9 Å². The summed E-state index contributed by atoms with van der Waals surface area (Å²) in [7, 11) is 1.56. The Morgan fingerprint density at radius 1 is 1.41 bits per heavy atom. The molecular weight excluding hydrogens is 389 g/mol. The fourth-order valence-corrected chi connectivity index (χ4v) is 3.93. The number of nitrogens with one attached hydrogen (secondary N) is 1. The van der Waals surface area contributed by atoms with Crippen LogP contribution in [0.15, 0.2) is 24.3 Å². The number of aliphatic hydroxyl groups is 1. The topological polar surface area (TPSA) is 78.5 Å². The number of halogens is 2. The highest BCUT2D eigenvalue weighted by Gasteiger charge is 2.27. The molecule has 6 nitrogen and oxygen atoms in total. The lowest BCUT2D eigenvalue weighted by molar-refractivity contribution is -0.135. The number of H-pyrrole nitrogens is 1. The van der Waals surface area contributed by atoms with E-state index in [1.165, 1.54) is 0 Å². The maximum absolute atomic E-state index is 12.0. The summed E-state index contributed by atoms with van der Waals surface area (Å²) in [5.74, 6) is 0.198. The minimum absolute atomic E-state index is 0.295. The summed E-state index contributed by atoms with van der Waals surface area (Å²) in [6, 6.07) is 7.29. The molecule has 1 aromatic carbocycles. The highest BCUT2D eigenvalue weighted by molar-refractivity contribution is 6.45. The number of aromatic amines is 1. The zero-order chi connectivity index (χ0) is 19.1. The molecule has 0 saturated heterocycles. The molecule has 4 rings (SSSR count). The van der Waals surface area contributed by atoms with Gasteiger partial charge in [-0.2, -0.15) is 0 Å². The number of amides is 1. The number of aliphatic hydroxyl groups excluding tert-OH is 1. The number of hydrogen-bond donors (Lipinski definition) is 2. The van der Waals surface area contributed by atoms with Crippen molar-refractivity contribution in [3.8, 4) is 17.1 Å². The Labute approximate surface area is 165 Å². The molecule has 1 amide bonds. The summed E-state index contributed by atoms with van der Waals surface area (Å²) in [5, 5.41) is 11.0. The molecule has 8 heteroatoms. The highest BCUT2D eigenvalue weighted by atomic mass is 35.5. The number of nitrogens with zero attached hydrogens (tertiary/aromatic N) is 2. The lowest BCUT2D eigenvalue weighted by Crippen LogP contribution is -2.37. The van der Waals surface area contributed by atoms with E-state index in [1.807, 2.05) is 12.1 Å². The van der Waals surface area contributed by atoms with Gasteiger partial charge in [0.05, 0.1) is 28.4 Å².